The minimum atomic E-state index is -1.09. The van der Waals surface area contributed by atoms with Crippen molar-refractivity contribution in [1.29, 1.82) is 0 Å². The molecule has 0 fully saturated rings. The number of furan rings is 1. The molecular formula is C18H18N2O4. The van der Waals surface area contributed by atoms with E-state index in [0.717, 1.165) is 12.0 Å². The van der Waals surface area contributed by atoms with Crippen LogP contribution in [0.25, 0.3) is 0 Å². The monoisotopic (exact) mass is 326 g/mol. The summed E-state index contributed by atoms with van der Waals surface area (Å²) in [5, 5.41) is 13.4. The van der Waals surface area contributed by atoms with Crippen LogP contribution >= 0.6 is 0 Å². The fourth-order valence-electron chi connectivity index (χ4n) is 2.87. The number of carbonyl (C=O) groups excluding carboxylic acids is 1. The molecule has 24 heavy (non-hydrogen) atoms. The highest BCUT2D eigenvalue weighted by molar-refractivity contribution is 6.06. The van der Waals surface area contributed by atoms with Gasteiger partial charge in [0.15, 0.2) is 0 Å². The Hall–Kier alpha value is -2.89. The largest absolute Gasteiger partial charge is 0.475 e. The quantitative estimate of drug-likeness (QED) is 0.848. The van der Waals surface area contributed by atoms with Crippen molar-refractivity contribution in [1.82, 2.24) is 5.43 Å². The number of carboxylic acid groups (broad SMARTS) is 1. The molecule has 2 aromatic rings. The van der Waals surface area contributed by atoms with Crippen LogP contribution in [-0.2, 0) is 6.42 Å². The summed E-state index contributed by atoms with van der Waals surface area (Å²) in [6.07, 6.45) is 2.15. The minimum absolute atomic E-state index is 0.0561. The van der Waals surface area contributed by atoms with Gasteiger partial charge in [-0.2, -0.15) is 5.10 Å². The third kappa shape index (κ3) is 2.95. The van der Waals surface area contributed by atoms with Crippen LogP contribution in [-0.4, -0.2) is 22.7 Å². The van der Waals surface area contributed by atoms with E-state index < -0.39 is 5.97 Å². The molecule has 0 spiro atoms. The highest BCUT2D eigenvalue weighted by Crippen LogP contribution is 2.29. The van der Waals surface area contributed by atoms with Crippen LogP contribution in [0.4, 0.5) is 0 Å². The number of amides is 1. The highest BCUT2D eigenvalue weighted by atomic mass is 16.4. The average Bonchev–Trinajstić information content (AvgIpc) is 2.91. The molecule has 1 aliphatic rings. The van der Waals surface area contributed by atoms with Crippen molar-refractivity contribution in [3.63, 3.8) is 0 Å². The molecule has 1 amide bonds. The van der Waals surface area contributed by atoms with Gasteiger partial charge in [0.05, 0.1) is 5.71 Å². The lowest BCUT2D eigenvalue weighted by molar-refractivity contribution is 0.0659. The second kappa shape index (κ2) is 6.31. The number of hydrogen-bond acceptors (Lipinski definition) is 4. The molecule has 0 radical (unpaired) electrons. The van der Waals surface area contributed by atoms with E-state index in [1.807, 2.05) is 19.1 Å². The van der Waals surface area contributed by atoms with E-state index in [4.69, 9.17) is 4.42 Å². The molecule has 1 aromatic carbocycles. The predicted octanol–water partition coefficient (Wildman–Crippen LogP) is 3.07. The number of nitrogens with one attached hydrogen (secondary N) is 1. The van der Waals surface area contributed by atoms with Crippen LogP contribution in [0.15, 0.2) is 33.8 Å². The smallest absolute Gasteiger partial charge is 0.372 e. The number of carbonyl (C=O) groups is 2. The van der Waals surface area contributed by atoms with Gasteiger partial charge in [0.1, 0.15) is 5.76 Å². The van der Waals surface area contributed by atoms with Crippen LogP contribution < -0.4 is 5.43 Å². The van der Waals surface area contributed by atoms with Gasteiger partial charge >= 0.3 is 5.97 Å². The van der Waals surface area contributed by atoms with Crippen LogP contribution in [0.2, 0.25) is 0 Å². The molecule has 0 atom stereocenters. The molecule has 1 heterocycles. The van der Waals surface area contributed by atoms with Crippen molar-refractivity contribution in [2.45, 2.75) is 33.1 Å². The van der Waals surface area contributed by atoms with Crippen molar-refractivity contribution in [3.05, 3.63) is 58.0 Å². The fraction of sp³-hybridized carbons (Fsp3) is 0.278. The molecular weight excluding hydrogens is 308 g/mol. The SMILES string of the molecule is Cc1ccc(C(=O)N/N=C2\CCCc3oc(C(=O)O)c(C)c32)cc1. The Morgan fingerprint density at radius 3 is 2.54 bits per heavy atom. The summed E-state index contributed by atoms with van der Waals surface area (Å²) in [6.45, 7) is 3.65. The Bertz CT molecular complexity index is 831. The Kier molecular flexibility index (Phi) is 4.20. The van der Waals surface area contributed by atoms with Crippen LogP contribution in [0.5, 0.6) is 0 Å². The summed E-state index contributed by atoms with van der Waals surface area (Å²) in [5.74, 6) is -0.821. The van der Waals surface area contributed by atoms with Gasteiger partial charge in [0, 0.05) is 23.1 Å². The Labute approximate surface area is 139 Å². The maximum absolute atomic E-state index is 12.2. The van der Waals surface area contributed by atoms with Gasteiger partial charge in [0.25, 0.3) is 5.91 Å². The molecule has 0 unspecified atom stereocenters. The molecule has 3 rings (SSSR count). The van der Waals surface area contributed by atoms with Crippen LogP contribution in [0.1, 0.15) is 56.2 Å². The van der Waals surface area contributed by atoms with Gasteiger partial charge < -0.3 is 9.52 Å². The molecule has 0 aliphatic heterocycles. The lowest BCUT2D eigenvalue weighted by Crippen LogP contribution is -2.22. The number of aromatic carboxylic acids is 1. The second-order valence-electron chi connectivity index (χ2n) is 5.88. The number of hydrazone groups is 1. The zero-order valence-electron chi connectivity index (χ0n) is 13.5. The van der Waals surface area contributed by atoms with Gasteiger partial charge in [-0.3, -0.25) is 4.79 Å². The molecule has 124 valence electrons. The maximum Gasteiger partial charge on any atom is 0.372 e. The number of nitrogens with zero attached hydrogens (tertiary/aromatic N) is 1. The normalized spacial score (nSPS) is 15.2. The number of hydrogen-bond donors (Lipinski definition) is 2. The van der Waals surface area contributed by atoms with Gasteiger partial charge in [-0.05, 0) is 38.8 Å². The molecule has 6 heteroatoms. The summed E-state index contributed by atoms with van der Waals surface area (Å²) >= 11 is 0. The predicted molar refractivity (Wildman–Crippen MR) is 88.5 cm³/mol. The van der Waals surface area contributed by atoms with E-state index in [1.165, 1.54) is 0 Å². The number of rotatable bonds is 3. The van der Waals surface area contributed by atoms with Gasteiger partial charge in [-0.25, -0.2) is 10.2 Å². The molecule has 0 bridgehead atoms. The van der Waals surface area contributed by atoms with Crippen LogP contribution in [0.3, 0.4) is 0 Å². The molecule has 6 nitrogen and oxygen atoms in total. The third-order valence-corrected chi connectivity index (χ3v) is 4.13. The van der Waals surface area contributed by atoms with E-state index in [2.05, 4.69) is 10.5 Å². The first kappa shape index (κ1) is 16.0. The van der Waals surface area contributed by atoms with Crippen molar-refractivity contribution in [2.75, 3.05) is 0 Å². The Morgan fingerprint density at radius 1 is 1.17 bits per heavy atom. The van der Waals surface area contributed by atoms with E-state index in [1.54, 1.807) is 19.1 Å². The first-order valence-corrected chi connectivity index (χ1v) is 7.77. The second-order valence-corrected chi connectivity index (χ2v) is 5.88. The summed E-state index contributed by atoms with van der Waals surface area (Å²) in [5.41, 5.74) is 6.08. The fourth-order valence-corrected chi connectivity index (χ4v) is 2.87. The zero-order valence-corrected chi connectivity index (χ0v) is 13.5. The lowest BCUT2D eigenvalue weighted by Gasteiger charge is -2.13. The Morgan fingerprint density at radius 2 is 1.88 bits per heavy atom. The third-order valence-electron chi connectivity index (χ3n) is 4.13. The first-order chi connectivity index (χ1) is 11.5. The average molecular weight is 326 g/mol. The van der Waals surface area contributed by atoms with E-state index in [9.17, 15) is 14.7 Å². The zero-order chi connectivity index (χ0) is 17.3. The number of fused-ring (bicyclic) bond motifs is 1. The first-order valence-electron chi connectivity index (χ1n) is 7.77. The summed E-state index contributed by atoms with van der Waals surface area (Å²) < 4.78 is 5.44. The van der Waals surface area contributed by atoms with Gasteiger partial charge in [0.2, 0.25) is 5.76 Å². The minimum Gasteiger partial charge on any atom is -0.475 e. The summed E-state index contributed by atoms with van der Waals surface area (Å²) in [7, 11) is 0. The number of benzene rings is 1. The van der Waals surface area contributed by atoms with Crippen molar-refractivity contribution < 1.29 is 19.1 Å². The van der Waals surface area contributed by atoms with E-state index in [0.29, 0.717) is 41.0 Å². The highest BCUT2D eigenvalue weighted by Gasteiger charge is 2.27. The summed E-state index contributed by atoms with van der Waals surface area (Å²) in [4.78, 5) is 23.4. The molecule has 2 N–H and O–H groups in total. The Balaban J connectivity index is 1.86. The molecule has 1 aliphatic carbocycles. The van der Waals surface area contributed by atoms with Gasteiger partial charge in [-0.15, -0.1) is 0 Å². The molecule has 1 aromatic heterocycles. The molecule has 0 saturated heterocycles. The van der Waals surface area contributed by atoms with Crippen molar-refractivity contribution >= 4 is 17.6 Å². The maximum atomic E-state index is 12.2. The summed E-state index contributed by atoms with van der Waals surface area (Å²) in [6, 6.07) is 7.20. The van der Waals surface area contributed by atoms with Crippen LogP contribution in [0, 0.1) is 13.8 Å². The lowest BCUT2D eigenvalue weighted by atomic mass is 9.93. The van der Waals surface area contributed by atoms with E-state index in [-0.39, 0.29) is 11.7 Å². The van der Waals surface area contributed by atoms with E-state index >= 15 is 0 Å². The number of carboxylic acids is 1. The van der Waals surface area contributed by atoms with Crippen molar-refractivity contribution in [3.8, 4) is 0 Å². The number of aryl methyl sites for hydroxylation is 2. The van der Waals surface area contributed by atoms with Gasteiger partial charge in [-0.1, -0.05) is 17.7 Å². The standard InChI is InChI=1S/C18H18N2O4/c1-10-6-8-12(9-7-10)17(21)20-19-13-4-3-5-14-15(13)11(2)16(24-14)18(22)23/h6-9H,3-5H2,1-2H3,(H,20,21)(H,22,23)/b19-13+. The molecule has 0 saturated carbocycles. The van der Waals surface area contributed by atoms with Crippen molar-refractivity contribution in [2.24, 2.45) is 5.10 Å². The topological polar surface area (TPSA) is 91.9 Å².